The SMILES string of the molecule is O=C(CSCC(=O)N1CCN(S(=O)(=O)c2ccccc2F)CC1)Nc1ccc(F)cc1. The maximum Gasteiger partial charge on any atom is 0.246 e. The molecule has 166 valence electrons. The first kappa shape index (κ1) is 23.2. The maximum absolute atomic E-state index is 13.9. The molecule has 0 bridgehead atoms. The Labute approximate surface area is 183 Å². The zero-order valence-electron chi connectivity index (χ0n) is 16.5. The summed E-state index contributed by atoms with van der Waals surface area (Å²) < 4.78 is 53.1. The summed E-state index contributed by atoms with van der Waals surface area (Å²) in [4.78, 5) is 25.4. The second-order valence-electron chi connectivity index (χ2n) is 6.76. The topological polar surface area (TPSA) is 86.8 Å². The molecule has 1 saturated heterocycles. The predicted molar refractivity (Wildman–Crippen MR) is 114 cm³/mol. The fourth-order valence-electron chi connectivity index (χ4n) is 3.02. The number of nitrogens with zero attached hydrogens (tertiary/aromatic N) is 2. The first-order valence-corrected chi connectivity index (χ1v) is 12.0. The van der Waals surface area contributed by atoms with Crippen LogP contribution in [0.15, 0.2) is 53.4 Å². The molecule has 1 N–H and O–H groups in total. The van der Waals surface area contributed by atoms with Gasteiger partial charge in [-0.15, -0.1) is 11.8 Å². The number of hydrogen-bond donors (Lipinski definition) is 1. The fourth-order valence-corrected chi connectivity index (χ4v) is 5.23. The molecule has 3 rings (SSSR count). The molecule has 0 radical (unpaired) electrons. The van der Waals surface area contributed by atoms with Crippen LogP contribution in [0.3, 0.4) is 0 Å². The van der Waals surface area contributed by atoms with Crippen molar-refractivity contribution in [1.29, 1.82) is 0 Å². The number of carbonyl (C=O) groups is 2. The van der Waals surface area contributed by atoms with Gasteiger partial charge in [-0.05, 0) is 36.4 Å². The zero-order chi connectivity index (χ0) is 22.4. The average Bonchev–Trinajstić information content (AvgIpc) is 2.75. The maximum atomic E-state index is 13.9. The minimum absolute atomic E-state index is 0.0464. The van der Waals surface area contributed by atoms with Gasteiger partial charge in [0, 0.05) is 31.9 Å². The lowest BCUT2D eigenvalue weighted by Crippen LogP contribution is -2.51. The number of piperazine rings is 1. The second-order valence-corrected chi connectivity index (χ2v) is 9.66. The highest BCUT2D eigenvalue weighted by atomic mass is 32.2. The minimum atomic E-state index is -3.96. The molecule has 1 aliphatic heterocycles. The van der Waals surface area contributed by atoms with Crippen LogP contribution in [0.1, 0.15) is 0 Å². The van der Waals surface area contributed by atoms with Crippen LogP contribution in [0.5, 0.6) is 0 Å². The van der Waals surface area contributed by atoms with Gasteiger partial charge in [0.1, 0.15) is 16.5 Å². The molecule has 2 amide bonds. The van der Waals surface area contributed by atoms with Gasteiger partial charge >= 0.3 is 0 Å². The number of thioether (sulfide) groups is 1. The molecular weight excluding hydrogens is 448 g/mol. The third-order valence-electron chi connectivity index (χ3n) is 4.63. The standard InChI is InChI=1S/C20H21F2N3O4S2/c21-15-5-7-16(8-6-15)23-19(26)13-30-14-20(27)24-9-11-25(12-10-24)31(28,29)18-4-2-1-3-17(18)22/h1-8H,9-14H2,(H,23,26). The lowest BCUT2D eigenvalue weighted by molar-refractivity contribution is -0.129. The Morgan fingerprint density at radius 2 is 1.58 bits per heavy atom. The van der Waals surface area contributed by atoms with Gasteiger partial charge in [-0.1, -0.05) is 12.1 Å². The van der Waals surface area contributed by atoms with E-state index in [1.807, 2.05) is 0 Å². The summed E-state index contributed by atoms with van der Waals surface area (Å²) in [5.74, 6) is -1.62. The van der Waals surface area contributed by atoms with Crippen LogP contribution in [0.2, 0.25) is 0 Å². The van der Waals surface area contributed by atoms with Gasteiger partial charge in [-0.25, -0.2) is 17.2 Å². The van der Waals surface area contributed by atoms with Crippen LogP contribution in [0.25, 0.3) is 0 Å². The van der Waals surface area contributed by atoms with Gasteiger partial charge < -0.3 is 10.2 Å². The van der Waals surface area contributed by atoms with Crippen molar-refractivity contribution in [3.8, 4) is 0 Å². The molecule has 11 heteroatoms. The van der Waals surface area contributed by atoms with E-state index in [1.54, 1.807) is 0 Å². The molecule has 0 atom stereocenters. The number of hydrogen-bond acceptors (Lipinski definition) is 5. The summed E-state index contributed by atoms with van der Waals surface area (Å²) >= 11 is 1.13. The number of halogens is 2. The molecule has 2 aromatic rings. The van der Waals surface area contributed by atoms with Crippen LogP contribution in [0, 0.1) is 11.6 Å². The number of rotatable bonds is 7. The summed E-state index contributed by atoms with van der Waals surface area (Å²) in [6, 6.07) is 10.5. The summed E-state index contributed by atoms with van der Waals surface area (Å²) in [7, 11) is -3.96. The van der Waals surface area contributed by atoms with E-state index in [1.165, 1.54) is 51.7 Å². The third-order valence-corrected chi connectivity index (χ3v) is 7.48. The molecule has 1 heterocycles. The molecule has 1 aliphatic rings. The summed E-state index contributed by atoms with van der Waals surface area (Å²) in [5.41, 5.74) is 0.463. The van der Waals surface area contributed by atoms with E-state index in [4.69, 9.17) is 0 Å². The molecule has 2 aromatic carbocycles. The fraction of sp³-hybridized carbons (Fsp3) is 0.300. The molecular formula is C20H21F2N3O4S2. The first-order chi connectivity index (χ1) is 14.8. The molecule has 0 aromatic heterocycles. The highest BCUT2D eigenvalue weighted by Gasteiger charge is 2.31. The van der Waals surface area contributed by atoms with E-state index in [-0.39, 0.29) is 54.4 Å². The number of sulfonamides is 1. The molecule has 0 spiro atoms. The number of nitrogens with one attached hydrogen (secondary N) is 1. The van der Waals surface area contributed by atoms with Gasteiger partial charge in [0.05, 0.1) is 11.5 Å². The van der Waals surface area contributed by atoms with Crippen molar-refractivity contribution >= 4 is 39.3 Å². The molecule has 7 nitrogen and oxygen atoms in total. The Kier molecular flexibility index (Phi) is 7.63. The monoisotopic (exact) mass is 469 g/mol. The van der Waals surface area contributed by atoms with Crippen molar-refractivity contribution < 1.29 is 26.8 Å². The molecule has 1 fully saturated rings. The van der Waals surface area contributed by atoms with Crippen molar-refractivity contribution in [2.24, 2.45) is 0 Å². The van der Waals surface area contributed by atoms with E-state index in [2.05, 4.69) is 5.32 Å². The Balaban J connectivity index is 1.43. The Bertz CT molecular complexity index is 1040. The molecule has 0 saturated carbocycles. The van der Waals surface area contributed by atoms with Gasteiger partial charge in [-0.2, -0.15) is 4.31 Å². The number of amides is 2. The molecule has 31 heavy (non-hydrogen) atoms. The smallest absolute Gasteiger partial charge is 0.246 e. The highest BCUT2D eigenvalue weighted by Crippen LogP contribution is 2.20. The number of benzene rings is 2. The van der Waals surface area contributed by atoms with Crippen LogP contribution in [0.4, 0.5) is 14.5 Å². The van der Waals surface area contributed by atoms with Crippen molar-refractivity contribution in [2.75, 3.05) is 43.0 Å². The van der Waals surface area contributed by atoms with E-state index in [9.17, 15) is 26.8 Å². The lowest BCUT2D eigenvalue weighted by Gasteiger charge is -2.34. The van der Waals surface area contributed by atoms with Crippen molar-refractivity contribution in [2.45, 2.75) is 4.90 Å². The largest absolute Gasteiger partial charge is 0.339 e. The Morgan fingerprint density at radius 1 is 0.935 bits per heavy atom. The first-order valence-electron chi connectivity index (χ1n) is 9.43. The normalized spacial score (nSPS) is 15.0. The van der Waals surface area contributed by atoms with Crippen LogP contribution in [-0.4, -0.2) is 67.1 Å². The second kappa shape index (κ2) is 10.2. The summed E-state index contributed by atoms with van der Waals surface area (Å²) in [5, 5.41) is 2.61. The highest BCUT2D eigenvalue weighted by molar-refractivity contribution is 8.00. The summed E-state index contributed by atoms with van der Waals surface area (Å²) in [6.07, 6.45) is 0. The summed E-state index contributed by atoms with van der Waals surface area (Å²) in [6.45, 7) is 0.514. The third kappa shape index (κ3) is 6.02. The number of anilines is 1. The molecule has 0 aliphatic carbocycles. The van der Waals surface area contributed by atoms with Crippen molar-refractivity contribution in [3.63, 3.8) is 0 Å². The number of carbonyl (C=O) groups excluding carboxylic acids is 2. The van der Waals surface area contributed by atoms with Crippen molar-refractivity contribution in [3.05, 3.63) is 60.2 Å². The minimum Gasteiger partial charge on any atom is -0.339 e. The predicted octanol–water partition coefficient (Wildman–Crippen LogP) is 2.17. The lowest BCUT2D eigenvalue weighted by atomic mass is 10.3. The van der Waals surface area contributed by atoms with Gasteiger partial charge in [0.2, 0.25) is 21.8 Å². The Morgan fingerprint density at radius 3 is 2.23 bits per heavy atom. The zero-order valence-corrected chi connectivity index (χ0v) is 18.1. The quantitative estimate of drug-likeness (QED) is 0.672. The van der Waals surface area contributed by atoms with E-state index in [0.717, 1.165) is 17.8 Å². The van der Waals surface area contributed by atoms with Crippen LogP contribution < -0.4 is 5.32 Å². The van der Waals surface area contributed by atoms with Gasteiger partial charge in [0.25, 0.3) is 0 Å². The van der Waals surface area contributed by atoms with Crippen LogP contribution >= 0.6 is 11.8 Å². The molecule has 0 unspecified atom stereocenters. The van der Waals surface area contributed by atoms with Gasteiger partial charge in [0.15, 0.2) is 0 Å². The van der Waals surface area contributed by atoms with E-state index < -0.39 is 21.7 Å². The Hall–Kier alpha value is -2.50. The van der Waals surface area contributed by atoms with Gasteiger partial charge in [-0.3, -0.25) is 9.59 Å². The van der Waals surface area contributed by atoms with Crippen molar-refractivity contribution in [1.82, 2.24) is 9.21 Å². The van der Waals surface area contributed by atoms with E-state index >= 15 is 0 Å². The van der Waals surface area contributed by atoms with Crippen LogP contribution in [-0.2, 0) is 19.6 Å². The average molecular weight is 470 g/mol. The van der Waals surface area contributed by atoms with E-state index in [0.29, 0.717) is 5.69 Å².